The van der Waals surface area contributed by atoms with E-state index >= 15 is 0 Å². The molecule has 0 radical (unpaired) electrons. The first kappa shape index (κ1) is 38.3. The lowest BCUT2D eigenvalue weighted by Crippen LogP contribution is -2.60. The summed E-state index contributed by atoms with van der Waals surface area (Å²) in [4.78, 5) is 13.2. The number of ether oxygens (including phenoxy) is 2. The van der Waals surface area contributed by atoms with Crippen molar-refractivity contribution in [1.82, 2.24) is 5.32 Å². The molecule has 8 atom stereocenters. The Morgan fingerprint density at radius 2 is 1.43 bits per heavy atom. The maximum absolute atomic E-state index is 13.2. The highest BCUT2D eigenvalue weighted by atomic mass is 16.7. The van der Waals surface area contributed by atoms with E-state index in [4.69, 9.17) is 9.47 Å². The maximum atomic E-state index is 13.2. The molecule has 0 spiro atoms. The third-order valence-electron chi connectivity index (χ3n) is 9.03. The summed E-state index contributed by atoms with van der Waals surface area (Å²) < 4.78 is 11.1. The van der Waals surface area contributed by atoms with Crippen molar-refractivity contribution in [3.63, 3.8) is 0 Å². The van der Waals surface area contributed by atoms with Crippen LogP contribution in [0.3, 0.4) is 0 Å². The topological polar surface area (TPSA) is 169 Å². The molecule has 1 amide bonds. The predicted octanol–water partition coefficient (Wildman–Crippen LogP) is 3.50. The van der Waals surface area contributed by atoms with Crippen molar-refractivity contribution >= 4 is 16.7 Å². The van der Waals surface area contributed by atoms with Crippen LogP contribution < -0.4 is 5.32 Å². The van der Waals surface area contributed by atoms with Gasteiger partial charge in [-0.2, -0.15) is 0 Å². The van der Waals surface area contributed by atoms with Crippen LogP contribution in [0.2, 0.25) is 0 Å². The highest BCUT2D eigenvalue weighted by Gasteiger charge is 2.44. The quantitative estimate of drug-likeness (QED) is 0.0946. The van der Waals surface area contributed by atoms with E-state index in [0.29, 0.717) is 6.42 Å². The lowest BCUT2D eigenvalue weighted by Gasteiger charge is -2.40. The van der Waals surface area contributed by atoms with Gasteiger partial charge in [0.1, 0.15) is 30.5 Å². The van der Waals surface area contributed by atoms with Gasteiger partial charge in [-0.05, 0) is 22.8 Å². The third kappa shape index (κ3) is 12.1. The first-order valence-electron chi connectivity index (χ1n) is 17.3. The summed E-state index contributed by atoms with van der Waals surface area (Å²) in [5, 5.41) is 66.9. The van der Waals surface area contributed by atoms with E-state index < -0.39 is 61.5 Å². The van der Waals surface area contributed by atoms with Gasteiger partial charge in [0, 0.05) is 0 Å². The Bertz CT molecular complexity index is 1130. The molecule has 2 aromatic rings. The first-order valence-corrected chi connectivity index (χ1v) is 17.3. The molecule has 0 bridgehead atoms. The van der Waals surface area contributed by atoms with E-state index in [-0.39, 0.29) is 13.0 Å². The van der Waals surface area contributed by atoms with Crippen LogP contribution in [0.25, 0.3) is 10.8 Å². The number of carbonyl (C=O) groups is 1. The van der Waals surface area contributed by atoms with Crippen molar-refractivity contribution in [3.8, 4) is 0 Å². The second-order valence-electron chi connectivity index (χ2n) is 12.8. The molecule has 46 heavy (non-hydrogen) atoms. The molecule has 10 nitrogen and oxygen atoms in total. The number of aliphatic hydroxyl groups excluding tert-OH is 6. The van der Waals surface area contributed by atoms with Crippen molar-refractivity contribution in [2.75, 3.05) is 13.2 Å². The fourth-order valence-corrected chi connectivity index (χ4v) is 6.14. The Morgan fingerprint density at radius 1 is 0.826 bits per heavy atom. The van der Waals surface area contributed by atoms with Crippen molar-refractivity contribution < 1.29 is 44.9 Å². The zero-order valence-electron chi connectivity index (χ0n) is 27.4. The minimum absolute atomic E-state index is 0.0272. The summed E-state index contributed by atoms with van der Waals surface area (Å²) >= 11 is 0. The van der Waals surface area contributed by atoms with Crippen LogP contribution in [0.15, 0.2) is 42.5 Å². The Labute approximate surface area is 273 Å². The lowest BCUT2D eigenvalue weighted by molar-refractivity contribution is -0.303. The molecule has 10 heteroatoms. The number of hydrogen-bond donors (Lipinski definition) is 7. The Kier molecular flexibility index (Phi) is 17.4. The van der Waals surface area contributed by atoms with E-state index in [1.54, 1.807) is 0 Å². The molecule has 2 aromatic carbocycles. The van der Waals surface area contributed by atoms with Gasteiger partial charge in [0.25, 0.3) is 0 Å². The highest BCUT2D eigenvalue weighted by molar-refractivity contribution is 5.90. The van der Waals surface area contributed by atoms with Gasteiger partial charge in [-0.3, -0.25) is 4.79 Å². The third-order valence-corrected chi connectivity index (χ3v) is 9.03. The van der Waals surface area contributed by atoms with E-state index in [1.807, 2.05) is 42.5 Å². The van der Waals surface area contributed by atoms with Crippen molar-refractivity contribution in [2.24, 2.45) is 0 Å². The molecular weight excluding hydrogens is 590 g/mol. The molecule has 1 saturated heterocycles. The number of amides is 1. The SMILES string of the molecule is CCCCCCCCCCCCCC[C@@H](O)[C@@H](O)[C@H](CO[C@H]1O[C@H](CO)[C@H](O)[C@H](O)[C@H]1O)NC(=O)Cc1cccc2ccccc12. The zero-order chi connectivity index (χ0) is 33.3. The molecule has 260 valence electrons. The van der Waals surface area contributed by atoms with Crippen LogP contribution in [0.4, 0.5) is 0 Å². The molecule has 7 N–H and O–H groups in total. The number of nitrogens with one attached hydrogen (secondary N) is 1. The molecule has 0 aromatic heterocycles. The van der Waals surface area contributed by atoms with Crippen LogP contribution in [-0.2, 0) is 20.7 Å². The fraction of sp³-hybridized carbons (Fsp3) is 0.694. The zero-order valence-corrected chi connectivity index (χ0v) is 27.4. The van der Waals surface area contributed by atoms with Crippen molar-refractivity contribution in [2.45, 2.75) is 146 Å². The smallest absolute Gasteiger partial charge is 0.224 e. The molecule has 1 aliphatic rings. The summed E-state index contributed by atoms with van der Waals surface area (Å²) in [5.41, 5.74) is 0.802. The van der Waals surface area contributed by atoms with Crippen LogP contribution in [0, 0.1) is 0 Å². The monoisotopic (exact) mass is 647 g/mol. The highest BCUT2D eigenvalue weighted by Crippen LogP contribution is 2.23. The Balaban J connectivity index is 1.53. The second kappa shape index (κ2) is 21.0. The van der Waals surface area contributed by atoms with Crippen LogP contribution in [0.5, 0.6) is 0 Å². The van der Waals surface area contributed by atoms with Crippen molar-refractivity contribution in [3.05, 3.63) is 48.0 Å². The lowest BCUT2D eigenvalue weighted by atomic mass is 9.98. The molecule has 0 aliphatic carbocycles. The first-order chi connectivity index (χ1) is 22.3. The number of hydrogen-bond acceptors (Lipinski definition) is 9. The second-order valence-corrected chi connectivity index (χ2v) is 12.8. The van der Waals surface area contributed by atoms with Gasteiger partial charge in [-0.25, -0.2) is 0 Å². The molecular formula is C36H57NO9. The van der Waals surface area contributed by atoms with E-state index in [2.05, 4.69) is 12.2 Å². The number of benzene rings is 2. The molecule has 1 heterocycles. The summed E-state index contributed by atoms with van der Waals surface area (Å²) in [6.07, 6.45) is 4.61. The van der Waals surface area contributed by atoms with Gasteiger partial charge < -0.3 is 45.4 Å². The molecule has 1 fully saturated rings. The van der Waals surface area contributed by atoms with Gasteiger partial charge in [0.15, 0.2) is 6.29 Å². The predicted molar refractivity (Wildman–Crippen MR) is 177 cm³/mol. The van der Waals surface area contributed by atoms with Crippen LogP contribution in [0.1, 0.15) is 96.0 Å². The summed E-state index contributed by atoms with van der Waals surface area (Å²) in [5.74, 6) is -0.393. The minimum atomic E-state index is -1.63. The largest absolute Gasteiger partial charge is 0.394 e. The standard InChI is InChI=1S/C36H57NO9/c1-2-3-4-5-6-7-8-9-10-11-12-13-21-29(39)32(41)28(24-45-36-35(44)34(43)33(42)30(23-38)46-36)37-31(40)22-26-19-16-18-25-17-14-15-20-27(25)26/h14-20,28-30,32-36,38-39,41-44H,2-13,21-24H2,1H3,(H,37,40)/t28-,29+,30+,32-,33-,34-,35+,36-/m0/s1. The summed E-state index contributed by atoms with van der Waals surface area (Å²) in [6, 6.07) is 12.3. The van der Waals surface area contributed by atoms with Gasteiger partial charge in [-0.1, -0.05) is 126 Å². The summed E-state index contributed by atoms with van der Waals surface area (Å²) in [7, 11) is 0. The van der Waals surface area contributed by atoms with Gasteiger partial charge >= 0.3 is 0 Å². The van der Waals surface area contributed by atoms with Gasteiger partial charge in [0.05, 0.1) is 31.8 Å². The Hall–Kier alpha value is -2.15. The molecule has 1 aliphatic heterocycles. The molecule has 3 rings (SSSR count). The summed E-state index contributed by atoms with van der Waals surface area (Å²) in [6.45, 7) is 1.25. The molecule has 0 unspecified atom stereocenters. The van der Waals surface area contributed by atoms with Crippen LogP contribution in [-0.4, -0.2) is 98.7 Å². The van der Waals surface area contributed by atoms with Crippen molar-refractivity contribution in [1.29, 1.82) is 0 Å². The van der Waals surface area contributed by atoms with Gasteiger partial charge in [-0.15, -0.1) is 0 Å². The van der Waals surface area contributed by atoms with E-state index in [9.17, 15) is 35.4 Å². The van der Waals surface area contributed by atoms with Gasteiger partial charge in [0.2, 0.25) is 5.91 Å². The van der Waals surface area contributed by atoms with E-state index in [0.717, 1.165) is 42.0 Å². The normalized spacial score (nSPS) is 23.7. The number of rotatable bonds is 22. The average Bonchev–Trinajstić information content (AvgIpc) is 3.06. The number of unbranched alkanes of at least 4 members (excludes halogenated alkanes) is 11. The van der Waals surface area contributed by atoms with Crippen LogP contribution >= 0.6 is 0 Å². The minimum Gasteiger partial charge on any atom is -0.394 e. The average molecular weight is 648 g/mol. The van der Waals surface area contributed by atoms with E-state index in [1.165, 1.54) is 51.4 Å². The number of aliphatic hydroxyl groups is 6. The molecule has 0 saturated carbocycles. The maximum Gasteiger partial charge on any atom is 0.224 e. The number of fused-ring (bicyclic) bond motifs is 1. The Morgan fingerprint density at radius 3 is 2.09 bits per heavy atom. The fourth-order valence-electron chi connectivity index (χ4n) is 6.14. The number of carbonyl (C=O) groups excluding carboxylic acids is 1.